The molecule has 0 saturated carbocycles. The fourth-order valence-electron chi connectivity index (χ4n) is 4.33. The molecule has 0 radical (unpaired) electrons. The molecular formula is C26H23FN10O. The number of hydrogen-bond acceptors (Lipinski definition) is 7. The fourth-order valence-corrected chi connectivity index (χ4v) is 4.33. The summed E-state index contributed by atoms with van der Waals surface area (Å²) in [5.41, 5.74) is 3.89. The average molecular weight is 511 g/mol. The Kier molecular flexibility index (Phi) is 5.63. The Morgan fingerprint density at radius 2 is 2.05 bits per heavy atom. The lowest BCUT2D eigenvalue weighted by molar-refractivity contribution is -0.116. The van der Waals surface area contributed by atoms with Crippen LogP contribution >= 0.6 is 0 Å². The zero-order valence-corrected chi connectivity index (χ0v) is 20.8. The number of pyridine rings is 3. The van der Waals surface area contributed by atoms with E-state index in [1.165, 1.54) is 18.6 Å². The molecule has 6 rings (SSSR count). The molecule has 6 aromatic rings. The maximum atomic E-state index is 16.0. The van der Waals surface area contributed by atoms with Crippen molar-refractivity contribution in [3.8, 4) is 28.5 Å². The largest absolute Gasteiger partial charge is 0.336 e. The quantitative estimate of drug-likeness (QED) is 0.298. The van der Waals surface area contributed by atoms with E-state index in [-0.39, 0.29) is 28.4 Å². The highest BCUT2D eigenvalue weighted by atomic mass is 19.1. The molecule has 11 nitrogen and oxygen atoms in total. The third-order valence-electron chi connectivity index (χ3n) is 6.02. The Bertz CT molecular complexity index is 1820. The average Bonchev–Trinajstić information content (AvgIpc) is 3.61. The number of nitrogens with zero attached hydrogens (tertiary/aromatic N) is 7. The number of aromatic nitrogens is 9. The number of fused-ring (bicyclic) bond motifs is 2. The zero-order chi connectivity index (χ0) is 26.4. The van der Waals surface area contributed by atoms with Crippen LogP contribution in [0, 0.1) is 18.7 Å². The first-order valence-corrected chi connectivity index (χ1v) is 12.0. The van der Waals surface area contributed by atoms with Gasteiger partial charge < -0.3 is 10.3 Å². The van der Waals surface area contributed by atoms with Gasteiger partial charge in [-0.25, -0.2) is 24.3 Å². The van der Waals surface area contributed by atoms with Gasteiger partial charge in [0.25, 0.3) is 0 Å². The molecular weight excluding hydrogens is 487 g/mol. The molecule has 0 aromatic carbocycles. The molecule has 0 atom stereocenters. The highest BCUT2D eigenvalue weighted by Gasteiger charge is 2.21. The summed E-state index contributed by atoms with van der Waals surface area (Å²) < 4.78 is 17.8. The number of aromatic amines is 2. The second kappa shape index (κ2) is 9.14. The minimum atomic E-state index is -0.532. The van der Waals surface area contributed by atoms with Crippen molar-refractivity contribution in [2.24, 2.45) is 5.92 Å². The van der Waals surface area contributed by atoms with Gasteiger partial charge in [-0.1, -0.05) is 13.8 Å². The maximum absolute atomic E-state index is 16.0. The van der Waals surface area contributed by atoms with E-state index >= 15 is 4.39 Å². The lowest BCUT2D eigenvalue weighted by Gasteiger charge is -2.09. The van der Waals surface area contributed by atoms with E-state index in [0.717, 1.165) is 11.2 Å². The van der Waals surface area contributed by atoms with Crippen molar-refractivity contribution < 1.29 is 9.18 Å². The molecule has 0 unspecified atom stereocenters. The predicted octanol–water partition coefficient (Wildman–Crippen LogP) is 4.58. The number of hydrogen-bond donors (Lipinski definition) is 3. The summed E-state index contributed by atoms with van der Waals surface area (Å²) in [7, 11) is 0. The number of carbonyl (C=O) groups is 1. The van der Waals surface area contributed by atoms with Crippen molar-refractivity contribution >= 4 is 33.7 Å². The van der Waals surface area contributed by atoms with Crippen LogP contribution in [-0.2, 0) is 4.79 Å². The Hall–Kier alpha value is -5.00. The number of amides is 1. The predicted molar refractivity (Wildman–Crippen MR) is 140 cm³/mol. The van der Waals surface area contributed by atoms with E-state index in [9.17, 15) is 4.79 Å². The van der Waals surface area contributed by atoms with Crippen LogP contribution in [0.2, 0.25) is 0 Å². The zero-order valence-electron chi connectivity index (χ0n) is 20.8. The number of nitrogens with one attached hydrogen (secondary N) is 3. The van der Waals surface area contributed by atoms with Crippen LogP contribution in [0.5, 0.6) is 0 Å². The highest BCUT2D eigenvalue weighted by molar-refractivity contribution is 5.95. The second-order valence-electron chi connectivity index (χ2n) is 9.43. The molecule has 12 heteroatoms. The van der Waals surface area contributed by atoms with Crippen molar-refractivity contribution in [2.75, 3.05) is 5.32 Å². The van der Waals surface area contributed by atoms with E-state index in [4.69, 9.17) is 4.98 Å². The number of anilines is 1. The van der Waals surface area contributed by atoms with Crippen molar-refractivity contribution in [2.45, 2.75) is 27.2 Å². The fraction of sp³-hybridized carbons (Fsp3) is 0.192. The number of carbonyl (C=O) groups excluding carboxylic acids is 1. The second-order valence-corrected chi connectivity index (χ2v) is 9.43. The van der Waals surface area contributed by atoms with E-state index in [2.05, 4.69) is 40.4 Å². The molecule has 1 amide bonds. The van der Waals surface area contributed by atoms with Gasteiger partial charge in [0.05, 0.1) is 28.5 Å². The first-order valence-electron chi connectivity index (χ1n) is 12.0. The lowest BCUT2D eigenvalue weighted by atomic mass is 10.1. The SMILES string of the molecule is Cc1cn(-c2nccc3[nH]c(-c4[nH]nc5ncc(-c6cncc(NC(=O)CC(C)C)c6)c(F)c45)nc23)cn1. The van der Waals surface area contributed by atoms with Crippen molar-refractivity contribution in [3.05, 3.63) is 61.0 Å². The van der Waals surface area contributed by atoms with Gasteiger partial charge in [-0.3, -0.25) is 19.4 Å². The first-order chi connectivity index (χ1) is 18.4. The minimum absolute atomic E-state index is 0.130. The molecule has 0 saturated heterocycles. The van der Waals surface area contributed by atoms with Gasteiger partial charge >= 0.3 is 0 Å². The normalized spacial score (nSPS) is 11.6. The molecule has 38 heavy (non-hydrogen) atoms. The van der Waals surface area contributed by atoms with E-state index < -0.39 is 5.82 Å². The van der Waals surface area contributed by atoms with E-state index in [1.54, 1.807) is 29.2 Å². The molecule has 0 aliphatic rings. The Labute approximate surface area is 215 Å². The molecule has 0 spiro atoms. The van der Waals surface area contributed by atoms with Gasteiger partial charge in [0, 0.05) is 42.3 Å². The number of rotatable bonds is 6. The van der Waals surface area contributed by atoms with Crippen molar-refractivity contribution in [3.63, 3.8) is 0 Å². The monoisotopic (exact) mass is 510 g/mol. The molecule has 6 heterocycles. The van der Waals surface area contributed by atoms with Crippen LogP contribution in [0.1, 0.15) is 26.0 Å². The van der Waals surface area contributed by atoms with E-state index in [0.29, 0.717) is 40.5 Å². The van der Waals surface area contributed by atoms with Crippen molar-refractivity contribution in [1.82, 2.24) is 44.7 Å². The minimum Gasteiger partial charge on any atom is -0.336 e. The van der Waals surface area contributed by atoms with Gasteiger partial charge in [-0.2, -0.15) is 5.10 Å². The summed E-state index contributed by atoms with van der Waals surface area (Å²) in [4.78, 5) is 37.4. The molecule has 3 N–H and O–H groups in total. The Balaban J connectivity index is 1.42. The summed E-state index contributed by atoms with van der Waals surface area (Å²) >= 11 is 0. The van der Waals surface area contributed by atoms with Crippen LogP contribution in [0.4, 0.5) is 10.1 Å². The summed E-state index contributed by atoms with van der Waals surface area (Å²) in [6.07, 6.45) is 10.0. The van der Waals surface area contributed by atoms with Gasteiger partial charge in [-0.05, 0) is 25.0 Å². The molecule has 0 bridgehead atoms. The molecule has 190 valence electrons. The Morgan fingerprint density at radius 1 is 1.18 bits per heavy atom. The summed E-state index contributed by atoms with van der Waals surface area (Å²) in [5.74, 6) is 0.532. The molecule has 0 fully saturated rings. The number of aryl methyl sites for hydroxylation is 1. The highest BCUT2D eigenvalue weighted by Crippen LogP contribution is 2.33. The summed E-state index contributed by atoms with van der Waals surface area (Å²) in [6, 6.07) is 3.46. The molecule has 0 aliphatic heterocycles. The third-order valence-corrected chi connectivity index (χ3v) is 6.02. The summed E-state index contributed by atoms with van der Waals surface area (Å²) in [6.45, 7) is 5.82. The molecule has 6 aromatic heterocycles. The van der Waals surface area contributed by atoms with Crippen LogP contribution in [0.3, 0.4) is 0 Å². The molecule has 0 aliphatic carbocycles. The Morgan fingerprint density at radius 3 is 2.84 bits per heavy atom. The first kappa shape index (κ1) is 23.4. The van der Waals surface area contributed by atoms with Crippen LogP contribution < -0.4 is 5.32 Å². The van der Waals surface area contributed by atoms with E-state index in [1.807, 2.05) is 27.0 Å². The maximum Gasteiger partial charge on any atom is 0.224 e. The number of halogens is 1. The standard InChI is InChI=1S/C26H23FN10O/c1-13(2)6-19(38)32-16-7-15(8-28-9-16)17-10-30-24-20(21(17)27)23(35-36-24)25-33-18-4-5-29-26(22(18)34-25)37-11-14(3)31-12-37/h4-5,7-13H,6H2,1-3H3,(H,32,38)(H,33,34)(H,30,35,36). The number of H-pyrrole nitrogens is 2. The summed E-state index contributed by atoms with van der Waals surface area (Å²) in [5, 5.41) is 10.1. The van der Waals surface area contributed by atoms with Crippen LogP contribution in [0.15, 0.2) is 49.4 Å². The van der Waals surface area contributed by atoms with Gasteiger partial charge in [0.2, 0.25) is 5.91 Å². The van der Waals surface area contributed by atoms with Crippen LogP contribution in [0.25, 0.3) is 50.5 Å². The topological polar surface area (TPSA) is 143 Å². The van der Waals surface area contributed by atoms with Crippen LogP contribution in [-0.4, -0.2) is 50.6 Å². The van der Waals surface area contributed by atoms with Gasteiger partial charge in [0.1, 0.15) is 23.4 Å². The van der Waals surface area contributed by atoms with Gasteiger partial charge in [0.15, 0.2) is 17.3 Å². The number of imidazole rings is 2. The van der Waals surface area contributed by atoms with Crippen molar-refractivity contribution in [1.29, 1.82) is 0 Å². The lowest BCUT2D eigenvalue weighted by Crippen LogP contribution is -2.14. The van der Waals surface area contributed by atoms with Gasteiger partial charge in [-0.15, -0.1) is 0 Å². The smallest absolute Gasteiger partial charge is 0.224 e. The third kappa shape index (κ3) is 4.15.